The molecule has 3 heterocycles. The minimum atomic E-state index is -0.672. The van der Waals surface area contributed by atoms with E-state index in [0.29, 0.717) is 28.5 Å². The molecular formula is C19H20ClFN4O. The lowest BCUT2D eigenvalue weighted by molar-refractivity contribution is 0.0874. The number of benzene rings is 1. The Bertz CT molecular complexity index is 944. The number of rotatable bonds is 3. The monoisotopic (exact) mass is 374 g/mol. The van der Waals surface area contributed by atoms with E-state index in [4.69, 9.17) is 11.6 Å². The molecule has 1 aliphatic heterocycles. The molecule has 2 atom stereocenters. The van der Waals surface area contributed by atoms with Crippen LogP contribution in [0.3, 0.4) is 0 Å². The van der Waals surface area contributed by atoms with E-state index in [0.717, 1.165) is 19.4 Å². The van der Waals surface area contributed by atoms with Gasteiger partial charge in [0.25, 0.3) is 0 Å². The fourth-order valence-electron chi connectivity index (χ4n) is 3.74. The molecule has 0 radical (unpaired) electrons. The number of aromatic nitrogens is 3. The van der Waals surface area contributed by atoms with E-state index in [1.54, 1.807) is 18.3 Å². The summed E-state index contributed by atoms with van der Waals surface area (Å²) >= 11 is 6.14. The van der Waals surface area contributed by atoms with Crippen LogP contribution in [0, 0.1) is 11.7 Å². The van der Waals surface area contributed by atoms with Crippen molar-refractivity contribution in [3.63, 3.8) is 0 Å². The van der Waals surface area contributed by atoms with E-state index >= 15 is 4.39 Å². The molecule has 4 rings (SSSR count). The number of imidazole rings is 1. The molecule has 3 aromatic rings. The van der Waals surface area contributed by atoms with Gasteiger partial charge in [0.15, 0.2) is 5.82 Å². The van der Waals surface area contributed by atoms with Gasteiger partial charge in [0, 0.05) is 50.0 Å². The molecule has 136 valence electrons. The first-order chi connectivity index (χ1) is 12.6. The molecule has 2 aromatic heterocycles. The van der Waals surface area contributed by atoms with Crippen LogP contribution in [-0.4, -0.2) is 32.7 Å². The van der Waals surface area contributed by atoms with Gasteiger partial charge in [-0.25, -0.2) is 9.37 Å². The molecule has 0 bridgehead atoms. The SMILES string of the molecule is Cn1ccnc1C(O)C1CCCN(c2ccc3c(Cl)ccnc3c2F)C1. The number of nitrogens with zero attached hydrogens (tertiary/aromatic N) is 4. The highest BCUT2D eigenvalue weighted by atomic mass is 35.5. The molecule has 5 nitrogen and oxygen atoms in total. The maximum Gasteiger partial charge on any atom is 0.172 e. The van der Waals surface area contributed by atoms with Crippen molar-refractivity contribution in [1.82, 2.24) is 14.5 Å². The van der Waals surface area contributed by atoms with Gasteiger partial charge in [-0.15, -0.1) is 0 Å². The van der Waals surface area contributed by atoms with Crippen LogP contribution in [0.5, 0.6) is 0 Å². The Morgan fingerprint density at radius 1 is 1.27 bits per heavy atom. The maximum absolute atomic E-state index is 15.1. The Morgan fingerprint density at radius 3 is 2.88 bits per heavy atom. The van der Waals surface area contributed by atoms with Crippen LogP contribution in [0.15, 0.2) is 36.8 Å². The second kappa shape index (κ2) is 6.85. The zero-order chi connectivity index (χ0) is 18.3. The normalized spacial score (nSPS) is 19.1. The van der Waals surface area contributed by atoms with Crippen LogP contribution in [0.4, 0.5) is 10.1 Å². The summed E-state index contributed by atoms with van der Waals surface area (Å²) in [5.41, 5.74) is 0.783. The highest BCUT2D eigenvalue weighted by Gasteiger charge is 2.30. The van der Waals surface area contributed by atoms with Crippen molar-refractivity contribution in [3.8, 4) is 0 Å². The highest BCUT2D eigenvalue weighted by molar-refractivity contribution is 6.35. The number of pyridine rings is 1. The third kappa shape index (κ3) is 2.93. The summed E-state index contributed by atoms with van der Waals surface area (Å²) in [5, 5.41) is 11.8. The molecular weight excluding hydrogens is 355 g/mol. The number of piperidine rings is 1. The summed E-state index contributed by atoms with van der Waals surface area (Å²) in [5.74, 6) is 0.272. The minimum Gasteiger partial charge on any atom is -0.385 e. The summed E-state index contributed by atoms with van der Waals surface area (Å²) < 4.78 is 16.9. The van der Waals surface area contributed by atoms with Gasteiger partial charge in [0.1, 0.15) is 17.4 Å². The van der Waals surface area contributed by atoms with Gasteiger partial charge in [-0.1, -0.05) is 11.6 Å². The Hall–Kier alpha value is -2.18. The van der Waals surface area contributed by atoms with Crippen LogP contribution in [0.25, 0.3) is 10.9 Å². The molecule has 0 aliphatic carbocycles. The van der Waals surface area contributed by atoms with Crippen molar-refractivity contribution < 1.29 is 9.50 Å². The van der Waals surface area contributed by atoms with E-state index in [1.165, 1.54) is 6.20 Å². The molecule has 0 amide bonds. The Morgan fingerprint density at radius 2 is 2.12 bits per heavy atom. The number of aryl methyl sites for hydroxylation is 1. The maximum atomic E-state index is 15.1. The summed E-state index contributed by atoms with van der Waals surface area (Å²) in [7, 11) is 1.87. The van der Waals surface area contributed by atoms with E-state index in [2.05, 4.69) is 9.97 Å². The molecule has 7 heteroatoms. The van der Waals surface area contributed by atoms with E-state index in [1.807, 2.05) is 28.8 Å². The van der Waals surface area contributed by atoms with Gasteiger partial charge < -0.3 is 14.6 Å². The molecule has 2 unspecified atom stereocenters. The summed E-state index contributed by atoms with van der Waals surface area (Å²) in [6.45, 7) is 1.31. The summed E-state index contributed by atoms with van der Waals surface area (Å²) in [6, 6.07) is 5.21. The van der Waals surface area contributed by atoms with Gasteiger partial charge >= 0.3 is 0 Å². The average Bonchev–Trinajstić information content (AvgIpc) is 3.08. The van der Waals surface area contributed by atoms with Gasteiger partial charge in [0.2, 0.25) is 0 Å². The van der Waals surface area contributed by atoms with E-state index < -0.39 is 6.10 Å². The highest BCUT2D eigenvalue weighted by Crippen LogP contribution is 2.35. The Balaban J connectivity index is 1.63. The second-order valence-electron chi connectivity index (χ2n) is 6.78. The molecule has 1 fully saturated rings. The molecule has 26 heavy (non-hydrogen) atoms. The predicted molar refractivity (Wildman–Crippen MR) is 99.8 cm³/mol. The number of fused-ring (bicyclic) bond motifs is 1. The van der Waals surface area contributed by atoms with Crippen molar-refractivity contribution in [2.45, 2.75) is 18.9 Å². The average molecular weight is 375 g/mol. The van der Waals surface area contributed by atoms with Crippen LogP contribution < -0.4 is 4.90 Å². The lowest BCUT2D eigenvalue weighted by Crippen LogP contribution is -2.38. The Kier molecular flexibility index (Phi) is 4.54. The smallest absolute Gasteiger partial charge is 0.172 e. The van der Waals surface area contributed by atoms with Crippen molar-refractivity contribution in [1.29, 1.82) is 0 Å². The van der Waals surface area contributed by atoms with Gasteiger partial charge in [-0.05, 0) is 31.0 Å². The summed E-state index contributed by atoms with van der Waals surface area (Å²) in [4.78, 5) is 10.4. The zero-order valence-electron chi connectivity index (χ0n) is 14.4. The third-order valence-electron chi connectivity index (χ3n) is 5.15. The number of aliphatic hydroxyl groups excluding tert-OH is 1. The van der Waals surface area contributed by atoms with Crippen LogP contribution in [0.1, 0.15) is 24.8 Å². The van der Waals surface area contributed by atoms with Crippen molar-refractivity contribution in [3.05, 3.63) is 53.5 Å². The van der Waals surface area contributed by atoms with E-state index in [9.17, 15) is 5.11 Å². The van der Waals surface area contributed by atoms with Crippen molar-refractivity contribution in [2.24, 2.45) is 13.0 Å². The number of hydrogen-bond acceptors (Lipinski definition) is 4. The molecule has 1 saturated heterocycles. The second-order valence-corrected chi connectivity index (χ2v) is 7.18. The minimum absolute atomic E-state index is 0.00716. The topological polar surface area (TPSA) is 54.2 Å². The van der Waals surface area contributed by atoms with Gasteiger partial charge in [-0.3, -0.25) is 4.98 Å². The lowest BCUT2D eigenvalue weighted by atomic mass is 9.91. The standard InChI is InChI=1S/C19H20ClFN4O/c1-24-10-8-23-19(24)18(26)12-3-2-9-25(11-12)15-5-4-13-14(20)6-7-22-17(13)16(15)21/h4-8,10,12,18,26H,2-3,9,11H2,1H3. The largest absolute Gasteiger partial charge is 0.385 e. The summed E-state index contributed by atoms with van der Waals surface area (Å²) in [6.07, 6.45) is 6.10. The lowest BCUT2D eigenvalue weighted by Gasteiger charge is -2.36. The first kappa shape index (κ1) is 17.2. The van der Waals surface area contributed by atoms with Crippen molar-refractivity contribution >= 4 is 28.2 Å². The van der Waals surface area contributed by atoms with Crippen molar-refractivity contribution in [2.75, 3.05) is 18.0 Å². The number of hydrogen-bond donors (Lipinski definition) is 1. The fraction of sp³-hybridized carbons (Fsp3) is 0.368. The first-order valence-electron chi connectivity index (χ1n) is 8.69. The zero-order valence-corrected chi connectivity index (χ0v) is 15.2. The number of halogens is 2. The first-order valence-corrected chi connectivity index (χ1v) is 9.07. The Labute approximate surface area is 156 Å². The molecule has 1 aromatic carbocycles. The number of anilines is 1. The van der Waals surface area contributed by atoms with Crippen LogP contribution in [0.2, 0.25) is 5.02 Å². The quantitative estimate of drug-likeness (QED) is 0.759. The van der Waals surface area contributed by atoms with Crippen LogP contribution in [-0.2, 0) is 7.05 Å². The molecule has 0 spiro atoms. The van der Waals surface area contributed by atoms with Gasteiger partial charge in [0.05, 0.1) is 10.7 Å². The molecule has 0 saturated carbocycles. The molecule has 1 N–H and O–H groups in total. The third-order valence-corrected chi connectivity index (χ3v) is 5.48. The van der Waals surface area contributed by atoms with E-state index in [-0.39, 0.29) is 17.3 Å². The predicted octanol–water partition coefficient (Wildman–Crippen LogP) is 3.71. The van der Waals surface area contributed by atoms with Gasteiger partial charge in [-0.2, -0.15) is 0 Å². The van der Waals surface area contributed by atoms with Crippen LogP contribution >= 0.6 is 11.6 Å². The number of aliphatic hydroxyl groups is 1. The molecule has 1 aliphatic rings. The fourth-order valence-corrected chi connectivity index (χ4v) is 3.95.